The second kappa shape index (κ2) is 13.5. The van der Waals surface area contributed by atoms with Crippen LogP contribution in [0.1, 0.15) is 23.6 Å². The first-order chi connectivity index (χ1) is 19.0. The number of nitrogens with one attached hydrogen (secondary N) is 3. The zero-order valence-electron chi connectivity index (χ0n) is 21.3. The molecule has 0 bridgehead atoms. The van der Waals surface area contributed by atoms with E-state index in [0.29, 0.717) is 41.7 Å². The molecule has 0 atom stereocenters. The van der Waals surface area contributed by atoms with E-state index in [1.54, 1.807) is 36.4 Å². The number of ether oxygens (including phenoxy) is 4. The lowest BCUT2D eigenvalue weighted by atomic mass is 10.2. The van der Waals surface area contributed by atoms with Crippen molar-refractivity contribution in [1.82, 2.24) is 16.1 Å². The maximum absolute atomic E-state index is 12.2. The molecule has 0 saturated heterocycles. The van der Waals surface area contributed by atoms with Crippen LogP contribution in [0.25, 0.3) is 0 Å². The van der Waals surface area contributed by atoms with Gasteiger partial charge in [0.15, 0.2) is 29.6 Å². The lowest BCUT2D eigenvalue weighted by Crippen LogP contribution is -2.37. The fourth-order valence-electron chi connectivity index (χ4n) is 3.51. The van der Waals surface area contributed by atoms with E-state index in [4.69, 9.17) is 18.9 Å². The summed E-state index contributed by atoms with van der Waals surface area (Å²) in [6.45, 7) is 2.70. The number of hydrogen-bond acceptors (Lipinski definition) is 8. The van der Waals surface area contributed by atoms with Gasteiger partial charge in [-0.1, -0.05) is 36.4 Å². The molecule has 39 heavy (non-hydrogen) atoms. The van der Waals surface area contributed by atoms with E-state index >= 15 is 0 Å². The molecule has 11 heteroatoms. The lowest BCUT2D eigenvalue weighted by Gasteiger charge is -2.12. The number of rotatable bonds is 11. The molecule has 0 radical (unpaired) electrons. The molecule has 4 rings (SSSR count). The van der Waals surface area contributed by atoms with Gasteiger partial charge in [-0.25, -0.2) is 5.43 Å². The van der Waals surface area contributed by atoms with Crippen molar-refractivity contribution in [2.45, 2.75) is 20.0 Å². The normalized spacial score (nSPS) is 11.6. The molecule has 1 aliphatic rings. The fraction of sp³-hybridized carbons (Fsp3) is 0.214. The molecule has 1 aliphatic heterocycles. The molecule has 0 fully saturated rings. The number of carbonyl (C=O) groups is 3. The molecule has 3 aromatic rings. The average Bonchev–Trinajstić information content (AvgIpc) is 3.43. The van der Waals surface area contributed by atoms with Crippen molar-refractivity contribution in [2.24, 2.45) is 5.10 Å². The Hall–Kier alpha value is -5.06. The smallest absolute Gasteiger partial charge is 0.329 e. The maximum atomic E-state index is 12.2. The van der Waals surface area contributed by atoms with Gasteiger partial charge >= 0.3 is 11.8 Å². The number of amides is 3. The van der Waals surface area contributed by atoms with E-state index in [0.717, 1.165) is 11.1 Å². The Morgan fingerprint density at radius 3 is 2.46 bits per heavy atom. The number of carbonyl (C=O) groups excluding carboxylic acids is 3. The van der Waals surface area contributed by atoms with Gasteiger partial charge in [-0.15, -0.1) is 0 Å². The summed E-state index contributed by atoms with van der Waals surface area (Å²) in [5, 5.41) is 9.16. The first kappa shape index (κ1) is 27.0. The van der Waals surface area contributed by atoms with Gasteiger partial charge in [0.25, 0.3) is 5.91 Å². The van der Waals surface area contributed by atoms with Crippen LogP contribution in [0.3, 0.4) is 0 Å². The summed E-state index contributed by atoms with van der Waals surface area (Å²) < 4.78 is 21.8. The third kappa shape index (κ3) is 7.96. The van der Waals surface area contributed by atoms with Gasteiger partial charge < -0.3 is 29.6 Å². The standard InChI is InChI=1S/C28H28N4O7/c1-2-36-24-13-21(9-10-22(24)37-17-26(33)29-14-19-6-4-3-5-7-19)16-31-32-28(35)27(34)30-15-20-8-11-23-25(12-20)39-18-38-23/h3-13,16H,2,14-15,17-18H2,1H3,(H,29,33)(H,30,34)(H,32,35)/b31-16-. The zero-order valence-corrected chi connectivity index (χ0v) is 21.3. The molecule has 0 saturated carbocycles. The van der Waals surface area contributed by atoms with E-state index in [1.807, 2.05) is 37.3 Å². The van der Waals surface area contributed by atoms with Gasteiger partial charge in [0.05, 0.1) is 12.8 Å². The quantitative estimate of drug-likeness (QED) is 0.196. The van der Waals surface area contributed by atoms with Crippen LogP contribution in [0, 0.1) is 0 Å². The average molecular weight is 533 g/mol. The highest BCUT2D eigenvalue weighted by Crippen LogP contribution is 2.32. The summed E-state index contributed by atoms with van der Waals surface area (Å²) in [5.41, 5.74) is 4.51. The Balaban J connectivity index is 1.24. The van der Waals surface area contributed by atoms with Crippen LogP contribution >= 0.6 is 0 Å². The third-order valence-electron chi connectivity index (χ3n) is 5.43. The predicted molar refractivity (Wildman–Crippen MR) is 142 cm³/mol. The second-order valence-corrected chi connectivity index (χ2v) is 8.26. The van der Waals surface area contributed by atoms with Crippen molar-refractivity contribution >= 4 is 23.9 Å². The van der Waals surface area contributed by atoms with Crippen molar-refractivity contribution in [2.75, 3.05) is 20.0 Å². The van der Waals surface area contributed by atoms with Crippen molar-refractivity contribution in [3.63, 3.8) is 0 Å². The highest BCUT2D eigenvalue weighted by atomic mass is 16.7. The zero-order chi connectivity index (χ0) is 27.5. The predicted octanol–water partition coefficient (Wildman–Crippen LogP) is 2.28. The topological polar surface area (TPSA) is 137 Å². The minimum atomic E-state index is -0.918. The van der Waals surface area contributed by atoms with Crippen LogP contribution < -0.4 is 35.0 Å². The van der Waals surface area contributed by atoms with Crippen molar-refractivity contribution in [3.8, 4) is 23.0 Å². The number of benzene rings is 3. The molecule has 0 aromatic heterocycles. The van der Waals surface area contributed by atoms with E-state index < -0.39 is 11.8 Å². The Bertz CT molecular complexity index is 1340. The Morgan fingerprint density at radius 2 is 1.64 bits per heavy atom. The van der Waals surface area contributed by atoms with Crippen LogP contribution in [0.5, 0.6) is 23.0 Å². The molecule has 0 aliphatic carbocycles. The number of hydrazone groups is 1. The van der Waals surface area contributed by atoms with E-state index in [-0.39, 0.29) is 25.9 Å². The molecule has 3 amide bonds. The van der Waals surface area contributed by atoms with E-state index in [1.165, 1.54) is 6.21 Å². The van der Waals surface area contributed by atoms with Crippen molar-refractivity contribution in [3.05, 3.63) is 83.4 Å². The second-order valence-electron chi connectivity index (χ2n) is 8.26. The Labute approximate surface area is 225 Å². The van der Waals surface area contributed by atoms with Crippen LogP contribution in [-0.4, -0.2) is 43.9 Å². The monoisotopic (exact) mass is 532 g/mol. The van der Waals surface area contributed by atoms with Crippen LogP contribution in [-0.2, 0) is 27.5 Å². The summed E-state index contributed by atoms with van der Waals surface area (Å²) in [4.78, 5) is 36.4. The summed E-state index contributed by atoms with van der Waals surface area (Å²) in [6, 6.07) is 19.8. The van der Waals surface area contributed by atoms with Crippen LogP contribution in [0.15, 0.2) is 71.8 Å². The number of fused-ring (bicyclic) bond motifs is 1. The van der Waals surface area contributed by atoms with Crippen LogP contribution in [0.2, 0.25) is 0 Å². The van der Waals surface area contributed by atoms with Crippen LogP contribution in [0.4, 0.5) is 0 Å². The first-order valence-corrected chi connectivity index (χ1v) is 12.2. The Kier molecular flexibility index (Phi) is 9.32. The molecule has 3 aromatic carbocycles. The largest absolute Gasteiger partial charge is 0.490 e. The molecule has 202 valence electrons. The van der Waals surface area contributed by atoms with Gasteiger partial charge in [0.1, 0.15) is 0 Å². The molecular weight excluding hydrogens is 504 g/mol. The number of hydrogen-bond donors (Lipinski definition) is 3. The van der Waals surface area contributed by atoms with Crippen molar-refractivity contribution in [1.29, 1.82) is 0 Å². The van der Waals surface area contributed by atoms with Gasteiger partial charge in [-0.05, 0) is 53.9 Å². The Morgan fingerprint density at radius 1 is 0.846 bits per heavy atom. The summed E-state index contributed by atoms with van der Waals surface area (Å²) in [6.07, 6.45) is 1.36. The third-order valence-corrected chi connectivity index (χ3v) is 5.43. The molecular formula is C28H28N4O7. The SMILES string of the molecule is CCOc1cc(/C=N\NC(=O)C(=O)NCc2ccc3c(c2)OCO3)ccc1OCC(=O)NCc1ccccc1. The molecule has 11 nitrogen and oxygen atoms in total. The van der Waals surface area contributed by atoms with E-state index in [2.05, 4.69) is 21.2 Å². The molecule has 0 unspecified atom stereocenters. The van der Waals surface area contributed by atoms with Gasteiger partial charge in [-0.3, -0.25) is 14.4 Å². The maximum Gasteiger partial charge on any atom is 0.329 e. The lowest BCUT2D eigenvalue weighted by molar-refractivity contribution is -0.139. The highest BCUT2D eigenvalue weighted by molar-refractivity contribution is 6.35. The summed E-state index contributed by atoms with van der Waals surface area (Å²) >= 11 is 0. The fourth-order valence-corrected chi connectivity index (χ4v) is 3.51. The minimum Gasteiger partial charge on any atom is -0.490 e. The van der Waals surface area contributed by atoms with Crippen molar-refractivity contribution < 1.29 is 33.3 Å². The minimum absolute atomic E-state index is 0.135. The summed E-state index contributed by atoms with van der Waals surface area (Å²) in [7, 11) is 0. The van der Waals surface area contributed by atoms with E-state index in [9.17, 15) is 14.4 Å². The first-order valence-electron chi connectivity index (χ1n) is 12.2. The number of nitrogens with zero attached hydrogens (tertiary/aromatic N) is 1. The molecule has 1 heterocycles. The van der Waals surface area contributed by atoms with Gasteiger partial charge in [-0.2, -0.15) is 5.10 Å². The molecule has 0 spiro atoms. The molecule has 3 N–H and O–H groups in total. The van der Waals surface area contributed by atoms with Gasteiger partial charge in [0.2, 0.25) is 6.79 Å². The van der Waals surface area contributed by atoms with Gasteiger partial charge in [0, 0.05) is 13.1 Å². The highest BCUT2D eigenvalue weighted by Gasteiger charge is 2.16. The summed E-state index contributed by atoms with van der Waals surface area (Å²) in [5.74, 6) is -0.0153.